The summed E-state index contributed by atoms with van der Waals surface area (Å²) in [5.74, 6) is -2.51. The smallest absolute Gasteiger partial charge is 0.359 e. The molecule has 0 aromatic heterocycles. The summed E-state index contributed by atoms with van der Waals surface area (Å²) in [5, 5.41) is 17.9. The minimum absolute atomic E-state index is 0.0777. The minimum Gasteiger partial charge on any atom is -0.359 e. The van der Waals surface area contributed by atoms with E-state index in [1.165, 1.54) is 19.1 Å². The van der Waals surface area contributed by atoms with Crippen molar-refractivity contribution in [3.63, 3.8) is 0 Å². The van der Waals surface area contributed by atoms with E-state index >= 15 is 0 Å². The van der Waals surface area contributed by atoms with Crippen LogP contribution < -0.4 is 16.0 Å². The van der Waals surface area contributed by atoms with Crippen LogP contribution in [0, 0.1) is 0 Å². The number of aliphatic hydroxyl groups is 1. The van der Waals surface area contributed by atoms with Crippen LogP contribution >= 0.6 is 0 Å². The highest BCUT2D eigenvalue weighted by atomic mass is 19.4. The third-order valence-corrected chi connectivity index (χ3v) is 5.12. The zero-order valence-electron chi connectivity index (χ0n) is 16.4. The van der Waals surface area contributed by atoms with Crippen molar-refractivity contribution < 1.29 is 27.9 Å². The van der Waals surface area contributed by atoms with Gasteiger partial charge in [-0.25, -0.2) is 0 Å². The second-order valence-electron chi connectivity index (χ2n) is 7.39. The average molecular weight is 421 g/mol. The Hall–Kier alpha value is -2.91. The van der Waals surface area contributed by atoms with Crippen LogP contribution in [0.25, 0.3) is 11.1 Å². The molecule has 0 bridgehead atoms. The molecule has 1 fully saturated rings. The highest BCUT2D eigenvalue weighted by Crippen LogP contribution is 2.32. The summed E-state index contributed by atoms with van der Waals surface area (Å²) in [6.45, 7) is 3.06. The first-order chi connectivity index (χ1) is 14.0. The molecule has 0 radical (unpaired) electrons. The Morgan fingerprint density at radius 3 is 2.30 bits per heavy atom. The fraction of sp³-hybridized carbons (Fsp3) is 0.333. The maximum absolute atomic E-state index is 12.8. The van der Waals surface area contributed by atoms with Crippen molar-refractivity contribution in [2.24, 2.45) is 0 Å². The van der Waals surface area contributed by atoms with Gasteiger partial charge in [-0.2, -0.15) is 13.2 Å². The molecule has 0 aliphatic carbocycles. The number of benzene rings is 2. The Bertz CT molecular complexity index is 958. The highest BCUT2D eigenvalue weighted by Gasteiger charge is 2.50. The number of halogens is 3. The van der Waals surface area contributed by atoms with Crippen LogP contribution in [-0.4, -0.2) is 34.9 Å². The first kappa shape index (κ1) is 21.8. The monoisotopic (exact) mass is 421 g/mol. The molecule has 2 atom stereocenters. The molecule has 30 heavy (non-hydrogen) atoms. The second-order valence-corrected chi connectivity index (χ2v) is 7.39. The van der Waals surface area contributed by atoms with Gasteiger partial charge in [-0.15, -0.1) is 0 Å². The predicted molar refractivity (Wildman–Crippen MR) is 104 cm³/mol. The van der Waals surface area contributed by atoms with E-state index in [0.717, 1.165) is 12.1 Å². The molecule has 1 aliphatic heterocycles. The first-order valence-corrected chi connectivity index (χ1v) is 9.37. The summed E-state index contributed by atoms with van der Waals surface area (Å²) in [4.78, 5) is 25.2. The van der Waals surface area contributed by atoms with E-state index in [9.17, 15) is 27.9 Å². The molecule has 0 spiro atoms. The van der Waals surface area contributed by atoms with Crippen LogP contribution in [0.5, 0.6) is 0 Å². The Morgan fingerprint density at radius 2 is 1.77 bits per heavy atom. The zero-order chi connectivity index (χ0) is 22.2. The van der Waals surface area contributed by atoms with E-state index in [1.807, 2.05) is 0 Å². The molecule has 2 amide bonds. The molecule has 0 saturated carbocycles. The lowest BCUT2D eigenvalue weighted by Gasteiger charge is -2.27. The number of amides is 2. The van der Waals surface area contributed by atoms with E-state index in [1.54, 1.807) is 31.2 Å². The van der Waals surface area contributed by atoms with Crippen LogP contribution in [0.4, 0.5) is 13.2 Å². The van der Waals surface area contributed by atoms with Crippen LogP contribution in [0.2, 0.25) is 0 Å². The van der Waals surface area contributed by atoms with Crippen molar-refractivity contribution in [3.8, 4) is 11.1 Å². The van der Waals surface area contributed by atoms with E-state index in [0.29, 0.717) is 17.5 Å². The van der Waals surface area contributed by atoms with Gasteiger partial charge in [0.25, 0.3) is 5.91 Å². The number of rotatable bonds is 5. The number of carbonyl (C=O) groups is 2. The van der Waals surface area contributed by atoms with Gasteiger partial charge in [0.15, 0.2) is 5.85 Å². The number of alkyl halides is 3. The fourth-order valence-electron chi connectivity index (χ4n) is 3.49. The van der Waals surface area contributed by atoms with Crippen LogP contribution in [0.15, 0.2) is 48.5 Å². The lowest BCUT2D eigenvalue weighted by Crippen LogP contribution is -2.57. The Labute approximate surface area is 171 Å². The highest BCUT2D eigenvalue weighted by molar-refractivity contribution is 6.01. The minimum atomic E-state index is -4.44. The van der Waals surface area contributed by atoms with Gasteiger partial charge in [0.1, 0.15) is 5.54 Å². The van der Waals surface area contributed by atoms with Crippen LogP contribution in [0.1, 0.15) is 36.2 Å². The lowest BCUT2D eigenvalue weighted by molar-refractivity contribution is -0.137. The molecule has 9 heteroatoms. The van der Waals surface area contributed by atoms with Crippen molar-refractivity contribution >= 4 is 11.8 Å². The third kappa shape index (κ3) is 4.31. The molecule has 2 unspecified atom stereocenters. The fourth-order valence-corrected chi connectivity index (χ4v) is 3.49. The van der Waals surface area contributed by atoms with Gasteiger partial charge >= 0.3 is 6.18 Å². The number of hydrogen-bond acceptors (Lipinski definition) is 4. The molecule has 2 aromatic carbocycles. The quantitative estimate of drug-likeness (QED) is 0.598. The summed E-state index contributed by atoms with van der Waals surface area (Å²) in [7, 11) is 0. The molecule has 1 saturated heterocycles. The number of carbonyl (C=O) groups excluding carboxylic acids is 2. The second kappa shape index (κ2) is 7.73. The van der Waals surface area contributed by atoms with E-state index < -0.39 is 34.9 Å². The molecular formula is C21H22F3N3O3. The SMILES string of the molecule is CCC1(CNC(=O)c2ccccc2-c2ccc(C(F)(F)F)cc2)NC(C)(O)NC1=O. The molecule has 4 N–H and O–H groups in total. The number of hydrogen-bond donors (Lipinski definition) is 4. The van der Waals surface area contributed by atoms with Gasteiger partial charge in [-0.3, -0.25) is 14.9 Å². The standard InChI is InChI=1S/C21H22F3N3O3/c1-3-20(18(29)26-19(2,30)27-20)12-25-17(28)16-7-5-4-6-15(16)13-8-10-14(11-9-13)21(22,23)24/h4-11,27,30H,3,12H2,1-2H3,(H,25,28)(H,26,29). The van der Waals surface area contributed by atoms with E-state index in [4.69, 9.17) is 0 Å². The summed E-state index contributed by atoms with van der Waals surface area (Å²) in [6, 6.07) is 11.1. The summed E-state index contributed by atoms with van der Waals surface area (Å²) < 4.78 is 38.4. The van der Waals surface area contributed by atoms with E-state index in [2.05, 4.69) is 16.0 Å². The molecule has 3 rings (SSSR count). The van der Waals surface area contributed by atoms with E-state index in [-0.39, 0.29) is 12.1 Å². The van der Waals surface area contributed by atoms with Crippen molar-refractivity contribution in [1.82, 2.24) is 16.0 Å². The predicted octanol–water partition coefficient (Wildman–Crippen LogP) is 2.64. The molecule has 2 aromatic rings. The van der Waals surface area contributed by atoms with Gasteiger partial charge < -0.3 is 15.7 Å². The topological polar surface area (TPSA) is 90.5 Å². The lowest BCUT2D eigenvalue weighted by atomic mass is 9.95. The zero-order valence-corrected chi connectivity index (χ0v) is 16.4. The van der Waals surface area contributed by atoms with Crippen molar-refractivity contribution in [2.45, 2.75) is 37.8 Å². The van der Waals surface area contributed by atoms with Gasteiger partial charge in [0.05, 0.1) is 5.56 Å². The first-order valence-electron chi connectivity index (χ1n) is 9.37. The van der Waals surface area contributed by atoms with Crippen molar-refractivity contribution in [3.05, 3.63) is 59.7 Å². The maximum atomic E-state index is 12.8. The maximum Gasteiger partial charge on any atom is 0.416 e. The average Bonchev–Trinajstić information content (AvgIpc) is 2.94. The van der Waals surface area contributed by atoms with Crippen molar-refractivity contribution in [2.75, 3.05) is 6.54 Å². The third-order valence-electron chi connectivity index (χ3n) is 5.12. The van der Waals surface area contributed by atoms with Crippen LogP contribution in [0.3, 0.4) is 0 Å². The van der Waals surface area contributed by atoms with Crippen molar-refractivity contribution in [1.29, 1.82) is 0 Å². The Balaban J connectivity index is 1.82. The van der Waals surface area contributed by atoms with Crippen LogP contribution in [-0.2, 0) is 11.0 Å². The molecule has 6 nitrogen and oxygen atoms in total. The summed E-state index contributed by atoms with van der Waals surface area (Å²) in [6.07, 6.45) is -4.13. The normalized spacial score (nSPS) is 23.9. The number of nitrogens with one attached hydrogen (secondary N) is 3. The van der Waals surface area contributed by atoms with Gasteiger partial charge in [0.2, 0.25) is 5.91 Å². The van der Waals surface area contributed by atoms with Gasteiger partial charge in [-0.05, 0) is 42.7 Å². The molecule has 160 valence electrons. The molecule has 1 heterocycles. The Morgan fingerprint density at radius 1 is 1.13 bits per heavy atom. The Kier molecular flexibility index (Phi) is 5.62. The van der Waals surface area contributed by atoms with Gasteiger partial charge in [0, 0.05) is 12.1 Å². The van der Waals surface area contributed by atoms with Gasteiger partial charge in [-0.1, -0.05) is 37.3 Å². The molecule has 1 aliphatic rings. The molecular weight excluding hydrogens is 399 g/mol. The largest absolute Gasteiger partial charge is 0.416 e. The summed E-state index contributed by atoms with van der Waals surface area (Å²) in [5.41, 5.74) is -0.775. The summed E-state index contributed by atoms with van der Waals surface area (Å²) >= 11 is 0.